The standard InChI is InChI=1S/C10H19F3N2O/c1-14-9(7-16)6-15-4-2-8(3-5-15)10(11,12)13/h8-9,14,16H,2-7H2,1H3. The smallest absolute Gasteiger partial charge is 0.391 e. The fraction of sp³-hybridized carbons (Fsp3) is 1.00. The molecule has 0 bridgehead atoms. The third kappa shape index (κ3) is 3.92. The molecule has 1 aliphatic rings. The molecule has 1 rings (SSSR count). The molecule has 1 atom stereocenters. The molecule has 16 heavy (non-hydrogen) atoms. The molecule has 96 valence electrons. The van der Waals surface area contributed by atoms with Crippen LogP contribution in [-0.2, 0) is 0 Å². The summed E-state index contributed by atoms with van der Waals surface area (Å²) >= 11 is 0. The van der Waals surface area contributed by atoms with Crippen molar-refractivity contribution in [3.05, 3.63) is 0 Å². The second-order valence-corrected chi connectivity index (χ2v) is 4.28. The molecular formula is C10H19F3N2O. The average molecular weight is 240 g/mol. The Kier molecular flexibility index (Phi) is 5.01. The minimum atomic E-state index is -4.05. The first-order chi connectivity index (χ1) is 7.47. The Labute approximate surface area is 93.6 Å². The molecule has 0 aromatic heterocycles. The zero-order chi connectivity index (χ0) is 12.2. The van der Waals surface area contributed by atoms with Crippen molar-refractivity contribution in [1.82, 2.24) is 10.2 Å². The van der Waals surface area contributed by atoms with Gasteiger partial charge in [-0.15, -0.1) is 0 Å². The van der Waals surface area contributed by atoms with Crippen molar-refractivity contribution in [2.24, 2.45) is 5.92 Å². The summed E-state index contributed by atoms with van der Waals surface area (Å²) in [6.07, 6.45) is -3.71. The number of nitrogens with one attached hydrogen (secondary N) is 1. The lowest BCUT2D eigenvalue weighted by molar-refractivity contribution is -0.185. The molecule has 0 aromatic carbocycles. The molecule has 3 nitrogen and oxygen atoms in total. The molecule has 0 aliphatic carbocycles. The number of likely N-dealkylation sites (N-methyl/N-ethyl adjacent to an activating group) is 1. The molecule has 0 radical (unpaired) electrons. The van der Waals surface area contributed by atoms with E-state index in [9.17, 15) is 13.2 Å². The van der Waals surface area contributed by atoms with Gasteiger partial charge < -0.3 is 15.3 Å². The number of halogens is 3. The van der Waals surface area contributed by atoms with Gasteiger partial charge in [-0.25, -0.2) is 0 Å². The Bertz CT molecular complexity index is 199. The van der Waals surface area contributed by atoms with Crippen LogP contribution in [0.25, 0.3) is 0 Å². The normalized spacial score (nSPS) is 22.3. The highest BCUT2D eigenvalue weighted by Crippen LogP contribution is 2.33. The summed E-state index contributed by atoms with van der Waals surface area (Å²) in [5.74, 6) is -1.15. The SMILES string of the molecule is CNC(CO)CN1CCC(C(F)(F)F)CC1. The molecule has 1 saturated heterocycles. The Morgan fingerprint density at radius 1 is 1.38 bits per heavy atom. The van der Waals surface area contributed by atoms with E-state index in [1.165, 1.54) is 0 Å². The first kappa shape index (κ1) is 13.7. The number of hydrogen-bond acceptors (Lipinski definition) is 3. The Morgan fingerprint density at radius 2 is 1.94 bits per heavy atom. The van der Waals surface area contributed by atoms with Crippen molar-refractivity contribution in [1.29, 1.82) is 0 Å². The van der Waals surface area contributed by atoms with Crippen LogP contribution in [0.3, 0.4) is 0 Å². The summed E-state index contributed by atoms with van der Waals surface area (Å²) < 4.78 is 37.2. The summed E-state index contributed by atoms with van der Waals surface area (Å²) in [5.41, 5.74) is 0. The lowest BCUT2D eigenvalue weighted by Gasteiger charge is -2.34. The maximum Gasteiger partial charge on any atom is 0.391 e. The molecular weight excluding hydrogens is 221 g/mol. The molecule has 0 saturated carbocycles. The minimum absolute atomic E-state index is 0.00962. The molecule has 0 amide bonds. The van der Waals surface area contributed by atoms with Crippen LogP contribution in [0.2, 0.25) is 0 Å². The van der Waals surface area contributed by atoms with E-state index in [1.54, 1.807) is 7.05 Å². The molecule has 2 N–H and O–H groups in total. The van der Waals surface area contributed by atoms with Crippen molar-refractivity contribution in [2.45, 2.75) is 25.1 Å². The summed E-state index contributed by atoms with van der Waals surface area (Å²) in [6.45, 7) is 1.54. The first-order valence-corrected chi connectivity index (χ1v) is 5.54. The molecule has 1 unspecified atom stereocenters. The zero-order valence-electron chi connectivity index (χ0n) is 9.43. The van der Waals surface area contributed by atoms with Gasteiger partial charge in [-0.1, -0.05) is 0 Å². The predicted molar refractivity (Wildman–Crippen MR) is 55.2 cm³/mol. The second-order valence-electron chi connectivity index (χ2n) is 4.28. The molecule has 6 heteroatoms. The monoisotopic (exact) mass is 240 g/mol. The van der Waals surface area contributed by atoms with Gasteiger partial charge in [0.25, 0.3) is 0 Å². The van der Waals surface area contributed by atoms with E-state index in [2.05, 4.69) is 5.32 Å². The third-order valence-corrected chi connectivity index (χ3v) is 3.16. The quantitative estimate of drug-likeness (QED) is 0.764. The van der Waals surface area contributed by atoms with Gasteiger partial charge >= 0.3 is 6.18 Å². The van der Waals surface area contributed by atoms with Crippen molar-refractivity contribution in [3.8, 4) is 0 Å². The minimum Gasteiger partial charge on any atom is -0.395 e. The maximum atomic E-state index is 12.4. The van der Waals surface area contributed by atoms with Crippen molar-refractivity contribution >= 4 is 0 Å². The highest BCUT2D eigenvalue weighted by Gasteiger charge is 2.41. The first-order valence-electron chi connectivity index (χ1n) is 5.54. The second kappa shape index (κ2) is 5.84. The molecule has 0 aromatic rings. The van der Waals surface area contributed by atoms with E-state index >= 15 is 0 Å². The Hall–Kier alpha value is -0.330. The Morgan fingerprint density at radius 3 is 2.31 bits per heavy atom. The molecule has 1 aliphatic heterocycles. The van der Waals surface area contributed by atoms with E-state index in [-0.39, 0.29) is 25.5 Å². The number of rotatable bonds is 4. The van der Waals surface area contributed by atoms with Crippen LogP contribution in [0.5, 0.6) is 0 Å². The third-order valence-electron chi connectivity index (χ3n) is 3.16. The van der Waals surface area contributed by atoms with Gasteiger partial charge in [0.15, 0.2) is 0 Å². The summed E-state index contributed by atoms with van der Waals surface area (Å²) in [5, 5.41) is 11.9. The largest absolute Gasteiger partial charge is 0.395 e. The van der Waals surface area contributed by atoms with Crippen molar-refractivity contribution in [2.75, 3.05) is 33.3 Å². The maximum absolute atomic E-state index is 12.4. The molecule has 0 spiro atoms. The van der Waals surface area contributed by atoms with E-state index in [0.717, 1.165) is 0 Å². The van der Waals surface area contributed by atoms with Crippen molar-refractivity contribution in [3.63, 3.8) is 0 Å². The number of aliphatic hydroxyl groups excluding tert-OH is 1. The highest BCUT2D eigenvalue weighted by atomic mass is 19.4. The van der Waals surface area contributed by atoms with Gasteiger partial charge in [0.2, 0.25) is 0 Å². The van der Waals surface area contributed by atoms with Crippen LogP contribution in [-0.4, -0.2) is 55.5 Å². The number of alkyl halides is 3. The van der Waals surface area contributed by atoms with Gasteiger partial charge in [-0.3, -0.25) is 0 Å². The molecule has 1 fully saturated rings. The van der Waals surface area contributed by atoms with E-state index in [4.69, 9.17) is 5.11 Å². The number of nitrogens with zero attached hydrogens (tertiary/aromatic N) is 1. The highest BCUT2D eigenvalue weighted by molar-refractivity contribution is 4.79. The summed E-state index contributed by atoms with van der Waals surface area (Å²) in [6, 6.07) is -0.0533. The number of piperidine rings is 1. The van der Waals surface area contributed by atoms with Gasteiger partial charge in [-0.05, 0) is 33.0 Å². The van der Waals surface area contributed by atoms with Crippen LogP contribution in [0.1, 0.15) is 12.8 Å². The zero-order valence-corrected chi connectivity index (χ0v) is 9.43. The average Bonchev–Trinajstić information content (AvgIpc) is 2.25. The van der Waals surface area contributed by atoms with Crippen molar-refractivity contribution < 1.29 is 18.3 Å². The summed E-state index contributed by atoms with van der Waals surface area (Å²) in [4.78, 5) is 1.97. The number of likely N-dealkylation sites (tertiary alicyclic amines) is 1. The van der Waals surface area contributed by atoms with Crippen LogP contribution in [0.4, 0.5) is 13.2 Å². The fourth-order valence-corrected chi connectivity index (χ4v) is 1.99. The topological polar surface area (TPSA) is 35.5 Å². The van der Waals surface area contributed by atoms with Crippen LogP contribution >= 0.6 is 0 Å². The van der Waals surface area contributed by atoms with Gasteiger partial charge in [-0.2, -0.15) is 13.2 Å². The fourth-order valence-electron chi connectivity index (χ4n) is 1.99. The predicted octanol–water partition coefficient (Wildman–Crippen LogP) is 0.841. The molecule has 1 heterocycles. The lowest BCUT2D eigenvalue weighted by Crippen LogP contribution is -2.46. The van der Waals surface area contributed by atoms with Gasteiger partial charge in [0.05, 0.1) is 12.5 Å². The number of hydrogen-bond donors (Lipinski definition) is 2. The van der Waals surface area contributed by atoms with E-state index in [1.807, 2.05) is 4.90 Å². The van der Waals surface area contributed by atoms with Crippen LogP contribution in [0.15, 0.2) is 0 Å². The Balaban J connectivity index is 2.32. The van der Waals surface area contributed by atoms with E-state index in [0.29, 0.717) is 19.6 Å². The number of aliphatic hydroxyl groups is 1. The van der Waals surface area contributed by atoms with Gasteiger partial charge in [0, 0.05) is 12.6 Å². The van der Waals surface area contributed by atoms with Crippen LogP contribution in [0, 0.1) is 5.92 Å². The van der Waals surface area contributed by atoms with E-state index < -0.39 is 12.1 Å². The summed E-state index contributed by atoms with van der Waals surface area (Å²) in [7, 11) is 1.74. The van der Waals surface area contributed by atoms with Gasteiger partial charge in [0.1, 0.15) is 0 Å². The lowest BCUT2D eigenvalue weighted by atomic mass is 9.96. The van der Waals surface area contributed by atoms with Crippen LogP contribution < -0.4 is 5.32 Å².